The van der Waals surface area contributed by atoms with Crippen LogP contribution in [0.1, 0.15) is 50.1 Å². The highest BCUT2D eigenvalue weighted by atomic mass is 32.2. The molecule has 2 aliphatic rings. The van der Waals surface area contributed by atoms with Crippen LogP contribution in [0.5, 0.6) is 0 Å². The van der Waals surface area contributed by atoms with Gasteiger partial charge in [0.2, 0.25) is 0 Å². The number of nitrogens with zero attached hydrogens (tertiary/aromatic N) is 3. The second-order valence-corrected chi connectivity index (χ2v) is 11.5. The summed E-state index contributed by atoms with van der Waals surface area (Å²) in [6.07, 6.45) is 1.36. The first kappa shape index (κ1) is 24.6. The summed E-state index contributed by atoms with van der Waals surface area (Å²) in [7, 11) is -3.54. The molecule has 12 heteroatoms. The van der Waals surface area contributed by atoms with Gasteiger partial charge in [0.05, 0.1) is 30.8 Å². The summed E-state index contributed by atoms with van der Waals surface area (Å²) in [5, 5.41) is 6.73. The van der Waals surface area contributed by atoms with E-state index in [9.17, 15) is 22.0 Å². The number of carbonyl (C=O) groups is 1. The molecular formula is C22H28F2N4O5S. The van der Waals surface area contributed by atoms with Crippen LogP contribution in [0, 0.1) is 11.6 Å². The molecule has 1 aromatic heterocycles. The van der Waals surface area contributed by atoms with Gasteiger partial charge in [-0.05, 0) is 45.4 Å². The van der Waals surface area contributed by atoms with E-state index in [1.165, 1.54) is 6.20 Å². The number of aromatic nitrogens is 2. The third-order valence-corrected chi connectivity index (χ3v) is 6.75. The Hall–Kier alpha value is -2.57. The zero-order valence-corrected chi connectivity index (χ0v) is 20.2. The zero-order chi connectivity index (χ0) is 24.8. The average molecular weight is 499 g/mol. The van der Waals surface area contributed by atoms with Gasteiger partial charge in [-0.1, -0.05) is 0 Å². The second-order valence-electron chi connectivity index (χ2n) is 9.69. The van der Waals surface area contributed by atoms with Crippen LogP contribution < -0.4 is 5.32 Å². The average Bonchev–Trinajstić information content (AvgIpc) is 3.28. The van der Waals surface area contributed by atoms with Crippen LogP contribution in [0.4, 0.5) is 13.6 Å². The summed E-state index contributed by atoms with van der Waals surface area (Å²) >= 11 is 0. The molecule has 0 saturated carbocycles. The molecule has 0 bridgehead atoms. The van der Waals surface area contributed by atoms with Gasteiger partial charge in [0.1, 0.15) is 23.3 Å². The van der Waals surface area contributed by atoms with Crippen LogP contribution in [0.15, 0.2) is 24.4 Å². The van der Waals surface area contributed by atoms with Crippen molar-refractivity contribution in [3.8, 4) is 0 Å². The second kappa shape index (κ2) is 8.90. The van der Waals surface area contributed by atoms with Crippen molar-refractivity contribution >= 4 is 16.1 Å². The number of amides is 1. The fourth-order valence-electron chi connectivity index (χ4n) is 4.40. The zero-order valence-electron chi connectivity index (χ0n) is 19.4. The first-order valence-corrected chi connectivity index (χ1v) is 12.7. The highest BCUT2D eigenvalue weighted by Gasteiger charge is 2.40. The Morgan fingerprint density at radius 2 is 2.00 bits per heavy atom. The van der Waals surface area contributed by atoms with Gasteiger partial charge in [-0.25, -0.2) is 22.0 Å². The lowest BCUT2D eigenvalue weighted by molar-refractivity contribution is -0.0629. The molecule has 186 valence electrons. The molecule has 0 spiro atoms. The van der Waals surface area contributed by atoms with Crippen LogP contribution in [0.3, 0.4) is 0 Å². The molecule has 1 amide bonds. The first-order valence-electron chi connectivity index (χ1n) is 10.9. The highest BCUT2D eigenvalue weighted by Crippen LogP contribution is 2.35. The lowest BCUT2D eigenvalue weighted by atomic mass is 9.92. The van der Waals surface area contributed by atoms with Crippen LogP contribution in [-0.2, 0) is 32.6 Å². The van der Waals surface area contributed by atoms with E-state index < -0.39 is 45.5 Å². The summed E-state index contributed by atoms with van der Waals surface area (Å²) in [6, 6.07) is 2.19. The van der Waals surface area contributed by atoms with E-state index in [-0.39, 0.29) is 18.2 Å². The van der Waals surface area contributed by atoms with Gasteiger partial charge in [0.15, 0.2) is 0 Å². The third kappa shape index (κ3) is 5.23. The van der Waals surface area contributed by atoms with Gasteiger partial charge >= 0.3 is 6.09 Å². The molecule has 1 fully saturated rings. The number of halogens is 2. The summed E-state index contributed by atoms with van der Waals surface area (Å²) in [5.41, 5.74) is 0.641. The normalized spacial score (nSPS) is 23.5. The van der Waals surface area contributed by atoms with Crippen molar-refractivity contribution in [2.45, 2.75) is 64.1 Å². The molecule has 3 unspecified atom stereocenters. The van der Waals surface area contributed by atoms with E-state index in [2.05, 4.69) is 10.4 Å². The van der Waals surface area contributed by atoms with Gasteiger partial charge < -0.3 is 14.8 Å². The van der Waals surface area contributed by atoms with Gasteiger partial charge in [-0.15, -0.1) is 0 Å². The first-order chi connectivity index (χ1) is 15.8. The molecule has 3 atom stereocenters. The van der Waals surface area contributed by atoms with Gasteiger partial charge in [-0.3, -0.25) is 4.90 Å². The summed E-state index contributed by atoms with van der Waals surface area (Å²) in [5.74, 6) is -1.25. The standard InChI is InChI=1S/C22H28F2N4O5S/c1-22(2,3)33-21(29)26-18-8-15(12-32-20(18)16-7-14(23)5-6-17(16)24)27-10-13-9-25-28(19(13)11-27)34(4,30)31/h5-7,9,15,18,20H,8,10-12H2,1-4H3,(H,26,29). The predicted molar refractivity (Wildman–Crippen MR) is 118 cm³/mol. The van der Waals surface area contributed by atoms with E-state index in [4.69, 9.17) is 9.47 Å². The van der Waals surface area contributed by atoms with Crippen LogP contribution >= 0.6 is 0 Å². The maximum Gasteiger partial charge on any atom is 0.407 e. The third-order valence-electron chi connectivity index (χ3n) is 5.80. The topological polar surface area (TPSA) is 103 Å². The molecule has 1 aromatic carbocycles. The fraction of sp³-hybridized carbons (Fsp3) is 0.545. The largest absolute Gasteiger partial charge is 0.444 e. The van der Waals surface area contributed by atoms with Crippen molar-refractivity contribution in [2.75, 3.05) is 12.9 Å². The Bertz CT molecular complexity index is 1190. The van der Waals surface area contributed by atoms with E-state index in [0.29, 0.717) is 25.2 Å². The number of ether oxygens (including phenoxy) is 2. The lowest BCUT2D eigenvalue weighted by Gasteiger charge is -2.40. The molecule has 2 aliphatic heterocycles. The van der Waals surface area contributed by atoms with Crippen molar-refractivity contribution in [1.29, 1.82) is 0 Å². The number of benzene rings is 1. The lowest BCUT2D eigenvalue weighted by Crippen LogP contribution is -2.52. The highest BCUT2D eigenvalue weighted by molar-refractivity contribution is 7.89. The van der Waals surface area contributed by atoms with Gasteiger partial charge in [-0.2, -0.15) is 9.19 Å². The monoisotopic (exact) mass is 498 g/mol. The van der Waals surface area contributed by atoms with Crippen LogP contribution in [0.25, 0.3) is 0 Å². The predicted octanol–water partition coefficient (Wildman–Crippen LogP) is 2.71. The van der Waals surface area contributed by atoms with Crippen molar-refractivity contribution in [1.82, 2.24) is 19.4 Å². The molecule has 4 rings (SSSR count). The quantitative estimate of drug-likeness (QED) is 0.692. The molecule has 1 N–H and O–H groups in total. The Morgan fingerprint density at radius 3 is 2.68 bits per heavy atom. The molecule has 3 heterocycles. The number of hydrogen-bond acceptors (Lipinski definition) is 7. The van der Waals surface area contributed by atoms with Crippen molar-refractivity contribution < 1.29 is 31.5 Å². The van der Waals surface area contributed by atoms with Gasteiger partial charge in [0, 0.05) is 30.3 Å². The number of nitrogens with one attached hydrogen (secondary N) is 1. The molecule has 2 aromatic rings. The summed E-state index contributed by atoms with van der Waals surface area (Å²) in [4.78, 5) is 14.6. The van der Waals surface area contributed by atoms with Crippen LogP contribution in [-0.4, -0.2) is 59.1 Å². The van der Waals surface area contributed by atoms with Crippen molar-refractivity contribution in [3.63, 3.8) is 0 Å². The molecule has 0 radical (unpaired) electrons. The summed E-state index contributed by atoms with van der Waals surface area (Å²) in [6.45, 7) is 6.14. The minimum absolute atomic E-state index is 0.0111. The molecule has 9 nitrogen and oxygen atoms in total. The fourth-order valence-corrected chi connectivity index (χ4v) is 5.19. The van der Waals surface area contributed by atoms with E-state index in [1.54, 1.807) is 20.8 Å². The van der Waals surface area contributed by atoms with Gasteiger partial charge in [0.25, 0.3) is 10.0 Å². The molecular weight excluding hydrogens is 470 g/mol. The van der Waals surface area contributed by atoms with Crippen LogP contribution in [0.2, 0.25) is 0 Å². The number of carbonyl (C=O) groups excluding carboxylic acids is 1. The van der Waals surface area contributed by atoms with E-state index in [0.717, 1.165) is 34.1 Å². The smallest absolute Gasteiger partial charge is 0.407 e. The van der Waals surface area contributed by atoms with E-state index >= 15 is 0 Å². The number of alkyl carbamates (subject to hydrolysis) is 1. The Morgan fingerprint density at radius 1 is 1.26 bits per heavy atom. The molecule has 0 aliphatic carbocycles. The minimum Gasteiger partial charge on any atom is -0.444 e. The number of rotatable bonds is 4. The van der Waals surface area contributed by atoms with Crippen molar-refractivity contribution in [2.24, 2.45) is 0 Å². The van der Waals surface area contributed by atoms with Crippen molar-refractivity contribution in [3.05, 3.63) is 52.9 Å². The Labute approximate surface area is 197 Å². The summed E-state index contributed by atoms with van der Waals surface area (Å²) < 4.78 is 64.8. The Kier molecular flexibility index (Phi) is 6.42. The Balaban J connectivity index is 1.56. The number of hydrogen-bond donors (Lipinski definition) is 1. The van der Waals surface area contributed by atoms with E-state index in [1.807, 2.05) is 4.90 Å². The molecule has 1 saturated heterocycles. The minimum atomic E-state index is -3.54. The molecule has 34 heavy (non-hydrogen) atoms. The maximum atomic E-state index is 14.6. The number of fused-ring (bicyclic) bond motifs is 1. The SMILES string of the molecule is CC(C)(C)OC(=O)NC1CC(N2Cc3cnn(S(C)(=O)=O)c3C2)COC1c1cc(F)ccc1F. The maximum absolute atomic E-state index is 14.6.